The first-order chi connectivity index (χ1) is 10.4. The lowest BCUT2D eigenvalue weighted by Gasteiger charge is -2.17. The zero-order valence-electron chi connectivity index (χ0n) is 13.2. The summed E-state index contributed by atoms with van der Waals surface area (Å²) in [5.74, 6) is 1.84. The number of amides is 1. The fraction of sp³-hybridized carbons (Fsp3) is 0.353. The first-order valence-corrected chi connectivity index (χ1v) is 8.15. The normalized spacial score (nSPS) is 13.6. The van der Waals surface area contributed by atoms with Gasteiger partial charge in [0.2, 0.25) is 0 Å². The predicted molar refractivity (Wildman–Crippen MR) is 89.6 cm³/mol. The second kappa shape index (κ2) is 7.61. The van der Waals surface area contributed by atoms with E-state index in [4.69, 9.17) is 4.42 Å². The summed E-state index contributed by atoms with van der Waals surface area (Å²) in [6, 6.07) is 11.9. The second-order valence-electron chi connectivity index (χ2n) is 5.66. The standard InChI is InChI=1S/C17H21BrN2O2/c1-12-4-9-16(22-12)10-20(3)11-17(21)19-13(2)14-5-7-15(18)8-6-14/h4-9,13H,10-11H2,1-3H3,(H,19,21)/p+1/t13-/m0/s1. The lowest BCUT2D eigenvalue weighted by molar-refractivity contribution is -0.886. The smallest absolute Gasteiger partial charge is 0.275 e. The molecule has 1 amide bonds. The van der Waals surface area contributed by atoms with Gasteiger partial charge in [0, 0.05) is 4.47 Å². The molecule has 0 aliphatic carbocycles. The largest absolute Gasteiger partial charge is 0.460 e. The molecule has 1 unspecified atom stereocenters. The topological polar surface area (TPSA) is 46.7 Å². The van der Waals surface area contributed by atoms with Gasteiger partial charge in [0.05, 0.1) is 13.1 Å². The summed E-state index contributed by atoms with van der Waals surface area (Å²) in [5.41, 5.74) is 1.09. The minimum Gasteiger partial charge on any atom is -0.460 e. The fourth-order valence-electron chi connectivity index (χ4n) is 2.34. The van der Waals surface area contributed by atoms with E-state index in [1.54, 1.807) is 0 Å². The molecule has 2 N–H and O–H groups in total. The SMILES string of the molecule is Cc1ccc(C[NH+](C)CC(=O)N[C@@H](C)c2ccc(Br)cc2)o1. The van der Waals surface area contributed by atoms with Crippen molar-refractivity contribution < 1.29 is 14.1 Å². The number of likely N-dealkylation sites (N-methyl/N-ethyl adjacent to an activating group) is 1. The van der Waals surface area contributed by atoms with Crippen molar-refractivity contribution in [1.29, 1.82) is 0 Å². The number of carbonyl (C=O) groups is 1. The van der Waals surface area contributed by atoms with Crippen LogP contribution in [0.5, 0.6) is 0 Å². The average molecular weight is 366 g/mol. The number of rotatable bonds is 6. The van der Waals surface area contributed by atoms with Crippen LogP contribution >= 0.6 is 15.9 Å². The van der Waals surface area contributed by atoms with E-state index in [9.17, 15) is 4.79 Å². The van der Waals surface area contributed by atoms with Crippen LogP contribution in [0.3, 0.4) is 0 Å². The van der Waals surface area contributed by atoms with Crippen molar-refractivity contribution in [2.24, 2.45) is 0 Å². The van der Waals surface area contributed by atoms with Gasteiger partial charge in [-0.15, -0.1) is 0 Å². The zero-order valence-corrected chi connectivity index (χ0v) is 14.7. The van der Waals surface area contributed by atoms with E-state index in [2.05, 4.69) is 21.2 Å². The maximum absolute atomic E-state index is 12.1. The summed E-state index contributed by atoms with van der Waals surface area (Å²) < 4.78 is 6.58. The van der Waals surface area contributed by atoms with E-state index in [1.165, 1.54) is 0 Å². The number of nitrogens with one attached hydrogen (secondary N) is 2. The van der Waals surface area contributed by atoms with Crippen LogP contribution in [0.15, 0.2) is 45.3 Å². The Balaban J connectivity index is 1.82. The van der Waals surface area contributed by atoms with Crippen LogP contribution < -0.4 is 10.2 Å². The molecule has 0 aliphatic heterocycles. The molecule has 4 nitrogen and oxygen atoms in total. The minimum atomic E-state index is -0.000688. The Kier molecular flexibility index (Phi) is 5.80. The van der Waals surface area contributed by atoms with Crippen molar-refractivity contribution in [2.75, 3.05) is 13.6 Å². The number of benzene rings is 1. The molecule has 1 heterocycles. The summed E-state index contributed by atoms with van der Waals surface area (Å²) >= 11 is 3.41. The summed E-state index contributed by atoms with van der Waals surface area (Å²) in [7, 11) is 1.99. The van der Waals surface area contributed by atoms with Gasteiger partial charge >= 0.3 is 0 Å². The van der Waals surface area contributed by atoms with E-state index >= 15 is 0 Å². The number of hydrogen-bond donors (Lipinski definition) is 2. The molecule has 1 aromatic heterocycles. The number of carbonyl (C=O) groups excluding carboxylic acids is 1. The third-order valence-electron chi connectivity index (χ3n) is 3.48. The molecule has 0 spiro atoms. The van der Waals surface area contributed by atoms with Crippen LogP contribution in [0, 0.1) is 6.92 Å². The first-order valence-electron chi connectivity index (χ1n) is 7.35. The van der Waals surface area contributed by atoms with Crippen LogP contribution in [-0.4, -0.2) is 19.5 Å². The van der Waals surface area contributed by atoms with Gasteiger partial charge in [-0.2, -0.15) is 0 Å². The highest BCUT2D eigenvalue weighted by Crippen LogP contribution is 2.16. The van der Waals surface area contributed by atoms with Crippen molar-refractivity contribution in [3.63, 3.8) is 0 Å². The average Bonchev–Trinajstić information content (AvgIpc) is 2.84. The Morgan fingerprint density at radius 1 is 1.27 bits per heavy atom. The molecular formula is C17H22BrN2O2+. The lowest BCUT2D eigenvalue weighted by Crippen LogP contribution is -3.08. The number of furan rings is 1. The van der Waals surface area contributed by atoms with E-state index in [-0.39, 0.29) is 11.9 Å². The van der Waals surface area contributed by atoms with E-state index in [1.807, 2.05) is 57.3 Å². The third-order valence-corrected chi connectivity index (χ3v) is 4.01. The maximum atomic E-state index is 12.1. The van der Waals surface area contributed by atoms with Gasteiger partial charge in [-0.3, -0.25) is 4.79 Å². The van der Waals surface area contributed by atoms with E-state index in [0.29, 0.717) is 13.1 Å². The second-order valence-corrected chi connectivity index (χ2v) is 6.58. The monoisotopic (exact) mass is 365 g/mol. The number of quaternary nitrogens is 1. The van der Waals surface area contributed by atoms with Crippen LogP contribution in [0.1, 0.15) is 30.0 Å². The molecule has 5 heteroatoms. The molecule has 0 saturated carbocycles. The summed E-state index contributed by atoms with van der Waals surface area (Å²) in [5, 5.41) is 3.03. The Labute approximate surface area is 139 Å². The van der Waals surface area contributed by atoms with Gasteiger partial charge in [0.1, 0.15) is 12.3 Å². The van der Waals surface area contributed by atoms with Crippen LogP contribution in [0.2, 0.25) is 0 Å². The van der Waals surface area contributed by atoms with E-state index < -0.39 is 0 Å². The van der Waals surface area contributed by atoms with Crippen LogP contribution in [0.25, 0.3) is 0 Å². The van der Waals surface area contributed by atoms with Gasteiger partial charge in [-0.05, 0) is 43.7 Å². The first kappa shape index (κ1) is 16.8. The molecule has 118 valence electrons. The Morgan fingerprint density at radius 2 is 1.95 bits per heavy atom. The summed E-state index contributed by atoms with van der Waals surface area (Å²) in [6.07, 6.45) is 0. The number of halogens is 1. The van der Waals surface area contributed by atoms with Crippen molar-refractivity contribution in [3.8, 4) is 0 Å². The molecule has 0 fully saturated rings. The van der Waals surface area contributed by atoms with Crippen molar-refractivity contribution >= 4 is 21.8 Å². The van der Waals surface area contributed by atoms with Crippen LogP contribution in [0.4, 0.5) is 0 Å². The van der Waals surface area contributed by atoms with Gasteiger partial charge in [-0.25, -0.2) is 0 Å². The van der Waals surface area contributed by atoms with Gasteiger partial charge in [0.15, 0.2) is 12.3 Å². The van der Waals surface area contributed by atoms with Gasteiger partial charge in [-0.1, -0.05) is 28.1 Å². The molecule has 0 saturated heterocycles. The molecule has 2 atom stereocenters. The van der Waals surface area contributed by atoms with E-state index in [0.717, 1.165) is 26.5 Å². The summed E-state index contributed by atoms with van der Waals surface area (Å²) in [4.78, 5) is 13.2. The quantitative estimate of drug-likeness (QED) is 0.824. The molecule has 1 aromatic carbocycles. The van der Waals surface area contributed by atoms with Crippen molar-refractivity contribution in [1.82, 2.24) is 5.32 Å². The van der Waals surface area contributed by atoms with Gasteiger partial charge < -0.3 is 14.6 Å². The molecule has 2 rings (SSSR count). The number of hydrogen-bond acceptors (Lipinski definition) is 2. The minimum absolute atomic E-state index is 0.000688. The van der Waals surface area contributed by atoms with Gasteiger partial charge in [0.25, 0.3) is 5.91 Å². The predicted octanol–water partition coefficient (Wildman–Crippen LogP) is 2.24. The Hall–Kier alpha value is -1.59. The molecule has 0 bridgehead atoms. The zero-order chi connectivity index (χ0) is 16.1. The Bertz CT molecular complexity index is 622. The molecule has 2 aromatic rings. The highest BCUT2D eigenvalue weighted by atomic mass is 79.9. The van der Waals surface area contributed by atoms with Crippen molar-refractivity contribution in [2.45, 2.75) is 26.4 Å². The lowest BCUT2D eigenvalue weighted by atomic mass is 10.1. The van der Waals surface area contributed by atoms with Crippen LogP contribution in [-0.2, 0) is 11.3 Å². The molecule has 0 radical (unpaired) electrons. The van der Waals surface area contributed by atoms with Crippen molar-refractivity contribution in [3.05, 3.63) is 58.0 Å². The molecule has 22 heavy (non-hydrogen) atoms. The fourth-order valence-corrected chi connectivity index (χ4v) is 2.61. The maximum Gasteiger partial charge on any atom is 0.275 e. The summed E-state index contributed by atoms with van der Waals surface area (Å²) in [6.45, 7) is 5.03. The number of aryl methyl sites for hydroxylation is 1. The molecular weight excluding hydrogens is 344 g/mol. The molecule has 0 aliphatic rings. The third kappa shape index (κ3) is 5.00. The highest BCUT2D eigenvalue weighted by Gasteiger charge is 2.15. The highest BCUT2D eigenvalue weighted by molar-refractivity contribution is 9.10. The Morgan fingerprint density at radius 3 is 2.55 bits per heavy atom.